The molecule has 2 aromatic carbocycles. The largest absolute Gasteiger partial charge is 0.497 e. The van der Waals surface area contributed by atoms with Gasteiger partial charge in [0.15, 0.2) is 0 Å². The normalized spacial score (nSPS) is 11.0. The quantitative estimate of drug-likeness (QED) is 0.535. The zero-order chi connectivity index (χ0) is 19.8. The smallest absolute Gasteiger partial charge is 0.263 e. The van der Waals surface area contributed by atoms with E-state index < -0.39 is 10.0 Å². The maximum absolute atomic E-state index is 12.4. The van der Waals surface area contributed by atoms with Crippen LogP contribution in [0.3, 0.4) is 0 Å². The van der Waals surface area contributed by atoms with E-state index in [1.165, 1.54) is 24.8 Å². The summed E-state index contributed by atoms with van der Waals surface area (Å²) in [4.78, 5) is 4.33. The average molecular weight is 398 g/mol. The van der Waals surface area contributed by atoms with Crippen molar-refractivity contribution in [3.05, 3.63) is 78.5 Å². The second kappa shape index (κ2) is 9.23. The Hall–Kier alpha value is -3.06. The Morgan fingerprint density at radius 1 is 0.964 bits per heavy atom. The van der Waals surface area contributed by atoms with Gasteiger partial charge in [0.2, 0.25) is 0 Å². The number of rotatable bonds is 9. The Morgan fingerprint density at radius 3 is 2.36 bits per heavy atom. The number of anilines is 2. The fraction of sp³-hybridized carbons (Fsp3) is 0.190. The molecule has 28 heavy (non-hydrogen) atoms. The topological polar surface area (TPSA) is 80.3 Å². The van der Waals surface area contributed by atoms with Crippen molar-refractivity contribution in [2.24, 2.45) is 0 Å². The van der Waals surface area contributed by atoms with E-state index in [1.807, 2.05) is 18.2 Å². The standard InChI is InChI=1S/C21H23N3O3S/c1-27-19-10-12-20(13-11-19)28(25,26)24-21-14-9-18(16-23-21)22-15-5-8-17-6-3-2-4-7-17/h2-4,6-7,9-14,16,22H,5,8,15H2,1H3,(H,23,24). The van der Waals surface area contributed by atoms with Crippen LogP contribution in [-0.2, 0) is 16.4 Å². The van der Waals surface area contributed by atoms with Crippen LogP contribution in [0.25, 0.3) is 0 Å². The molecule has 0 radical (unpaired) electrons. The lowest BCUT2D eigenvalue weighted by Crippen LogP contribution is -2.14. The van der Waals surface area contributed by atoms with Crippen molar-refractivity contribution in [2.75, 3.05) is 23.7 Å². The molecule has 0 bridgehead atoms. The van der Waals surface area contributed by atoms with Gasteiger partial charge in [-0.25, -0.2) is 13.4 Å². The summed E-state index contributed by atoms with van der Waals surface area (Å²) in [5.41, 5.74) is 2.16. The second-order valence-corrected chi connectivity index (χ2v) is 7.91. The minimum absolute atomic E-state index is 0.151. The van der Waals surface area contributed by atoms with E-state index in [0.717, 1.165) is 25.1 Å². The Balaban J connectivity index is 1.52. The fourth-order valence-corrected chi connectivity index (χ4v) is 3.69. The molecule has 1 heterocycles. The molecule has 0 amide bonds. The zero-order valence-electron chi connectivity index (χ0n) is 15.6. The van der Waals surface area contributed by atoms with Gasteiger partial charge in [0.1, 0.15) is 11.6 Å². The summed E-state index contributed by atoms with van der Waals surface area (Å²) in [6.45, 7) is 0.813. The van der Waals surface area contributed by atoms with E-state index in [9.17, 15) is 8.42 Å². The van der Waals surface area contributed by atoms with Crippen molar-refractivity contribution in [1.82, 2.24) is 4.98 Å². The number of methoxy groups -OCH3 is 1. The molecule has 0 atom stereocenters. The molecule has 0 fully saturated rings. The lowest BCUT2D eigenvalue weighted by molar-refractivity contribution is 0.414. The number of benzene rings is 2. The zero-order valence-corrected chi connectivity index (χ0v) is 16.4. The van der Waals surface area contributed by atoms with Crippen LogP contribution >= 0.6 is 0 Å². The van der Waals surface area contributed by atoms with Gasteiger partial charge in [-0.3, -0.25) is 4.72 Å². The molecule has 3 rings (SSSR count). The van der Waals surface area contributed by atoms with Crippen LogP contribution in [-0.4, -0.2) is 27.1 Å². The van der Waals surface area contributed by atoms with E-state index in [2.05, 4.69) is 27.2 Å². The molecule has 6 nitrogen and oxygen atoms in total. The Kier molecular flexibility index (Phi) is 6.49. The molecule has 0 saturated carbocycles. The maximum atomic E-state index is 12.4. The minimum Gasteiger partial charge on any atom is -0.497 e. The summed E-state index contributed by atoms with van der Waals surface area (Å²) in [6, 6.07) is 20.0. The van der Waals surface area contributed by atoms with Gasteiger partial charge in [0.25, 0.3) is 10.0 Å². The van der Waals surface area contributed by atoms with Gasteiger partial charge in [0.05, 0.1) is 23.9 Å². The van der Waals surface area contributed by atoms with Crippen molar-refractivity contribution in [2.45, 2.75) is 17.7 Å². The highest BCUT2D eigenvalue weighted by molar-refractivity contribution is 7.92. The first kappa shape index (κ1) is 19.7. The summed E-state index contributed by atoms with van der Waals surface area (Å²) in [5.74, 6) is 0.866. The van der Waals surface area contributed by atoms with Crippen molar-refractivity contribution >= 4 is 21.5 Å². The third-order valence-corrected chi connectivity index (χ3v) is 5.56. The highest BCUT2D eigenvalue weighted by Crippen LogP contribution is 2.19. The van der Waals surface area contributed by atoms with Crippen LogP contribution in [0, 0.1) is 0 Å². The van der Waals surface area contributed by atoms with Crippen LogP contribution in [0.1, 0.15) is 12.0 Å². The summed E-state index contributed by atoms with van der Waals surface area (Å²) in [5, 5.41) is 3.30. The molecule has 0 aliphatic carbocycles. The maximum Gasteiger partial charge on any atom is 0.263 e. The number of ether oxygens (including phenoxy) is 1. The molecule has 0 unspecified atom stereocenters. The van der Waals surface area contributed by atoms with E-state index in [4.69, 9.17) is 4.74 Å². The van der Waals surface area contributed by atoms with E-state index >= 15 is 0 Å². The van der Waals surface area contributed by atoms with E-state index in [-0.39, 0.29) is 10.7 Å². The van der Waals surface area contributed by atoms with E-state index in [0.29, 0.717) is 5.75 Å². The molecule has 3 aromatic rings. The first-order chi connectivity index (χ1) is 13.6. The monoisotopic (exact) mass is 397 g/mol. The summed E-state index contributed by atoms with van der Waals surface area (Å²) >= 11 is 0. The summed E-state index contributed by atoms with van der Waals surface area (Å²) < 4.78 is 32.4. The van der Waals surface area contributed by atoms with Crippen LogP contribution in [0.2, 0.25) is 0 Å². The second-order valence-electron chi connectivity index (χ2n) is 6.23. The summed E-state index contributed by atoms with van der Waals surface area (Å²) in [6.07, 6.45) is 3.62. The number of sulfonamides is 1. The lowest BCUT2D eigenvalue weighted by atomic mass is 10.1. The Morgan fingerprint density at radius 2 is 1.71 bits per heavy atom. The molecule has 0 aliphatic heterocycles. The number of pyridine rings is 1. The van der Waals surface area contributed by atoms with Gasteiger partial charge in [-0.1, -0.05) is 30.3 Å². The number of aromatic nitrogens is 1. The van der Waals surface area contributed by atoms with Gasteiger partial charge in [-0.05, 0) is 54.8 Å². The highest BCUT2D eigenvalue weighted by Gasteiger charge is 2.14. The van der Waals surface area contributed by atoms with Crippen molar-refractivity contribution < 1.29 is 13.2 Å². The third-order valence-electron chi connectivity index (χ3n) is 4.19. The minimum atomic E-state index is -3.69. The third kappa shape index (κ3) is 5.47. The first-order valence-corrected chi connectivity index (χ1v) is 10.5. The van der Waals surface area contributed by atoms with E-state index in [1.54, 1.807) is 30.5 Å². The molecule has 7 heteroatoms. The van der Waals surface area contributed by atoms with Crippen LogP contribution < -0.4 is 14.8 Å². The van der Waals surface area contributed by atoms with Gasteiger partial charge in [0, 0.05) is 6.54 Å². The number of aryl methyl sites for hydroxylation is 1. The molecule has 0 spiro atoms. The number of nitrogens with one attached hydrogen (secondary N) is 2. The van der Waals surface area contributed by atoms with Crippen LogP contribution in [0.4, 0.5) is 11.5 Å². The van der Waals surface area contributed by atoms with Gasteiger partial charge >= 0.3 is 0 Å². The van der Waals surface area contributed by atoms with Crippen molar-refractivity contribution in [3.8, 4) is 5.75 Å². The highest BCUT2D eigenvalue weighted by atomic mass is 32.2. The van der Waals surface area contributed by atoms with Gasteiger partial charge < -0.3 is 10.1 Å². The Bertz CT molecular complexity index is 974. The molecular weight excluding hydrogens is 374 g/mol. The predicted molar refractivity (Wildman–Crippen MR) is 111 cm³/mol. The molecule has 0 aliphatic rings. The number of hydrogen-bond acceptors (Lipinski definition) is 5. The van der Waals surface area contributed by atoms with Gasteiger partial charge in [-0.2, -0.15) is 0 Å². The lowest BCUT2D eigenvalue weighted by Gasteiger charge is -2.10. The number of nitrogens with zero attached hydrogens (tertiary/aromatic N) is 1. The number of hydrogen-bond donors (Lipinski definition) is 2. The fourth-order valence-electron chi connectivity index (χ4n) is 2.68. The molecular formula is C21H23N3O3S. The predicted octanol–water partition coefficient (Wildman–Crippen LogP) is 3.94. The molecule has 1 aromatic heterocycles. The Labute approximate surface area is 165 Å². The van der Waals surface area contributed by atoms with Crippen molar-refractivity contribution in [3.63, 3.8) is 0 Å². The van der Waals surface area contributed by atoms with Crippen molar-refractivity contribution in [1.29, 1.82) is 0 Å². The van der Waals surface area contributed by atoms with Crippen LogP contribution in [0.15, 0.2) is 77.8 Å². The molecule has 146 valence electrons. The SMILES string of the molecule is COc1ccc(S(=O)(=O)Nc2ccc(NCCCc3ccccc3)cn2)cc1. The molecule has 2 N–H and O–H groups in total. The first-order valence-electron chi connectivity index (χ1n) is 8.97. The average Bonchev–Trinajstić information content (AvgIpc) is 2.73. The summed E-state index contributed by atoms with van der Waals surface area (Å²) in [7, 11) is -2.16. The molecule has 0 saturated heterocycles. The van der Waals surface area contributed by atoms with Crippen LogP contribution in [0.5, 0.6) is 5.75 Å². The van der Waals surface area contributed by atoms with Gasteiger partial charge in [-0.15, -0.1) is 0 Å².